The van der Waals surface area contributed by atoms with Gasteiger partial charge >= 0.3 is 0 Å². The smallest absolute Gasteiger partial charge is 0.0462 e. The first-order chi connectivity index (χ1) is 8.52. The van der Waals surface area contributed by atoms with Crippen LogP contribution in [0.25, 0.3) is 0 Å². The van der Waals surface area contributed by atoms with Crippen LogP contribution in [-0.4, -0.2) is 11.8 Å². The first-order valence-electron chi connectivity index (χ1n) is 6.67. The second kappa shape index (κ2) is 8.08. The lowest BCUT2D eigenvalue weighted by molar-refractivity contribution is 0.589. The van der Waals surface area contributed by atoms with Crippen LogP contribution in [0, 0.1) is 5.92 Å². The fraction of sp³-hybridized carbons (Fsp3) is 0.600. The molecule has 18 heavy (non-hydrogen) atoms. The Balaban J connectivity index is 2.56. The highest BCUT2D eigenvalue weighted by Crippen LogP contribution is 2.27. The van der Waals surface area contributed by atoms with Crippen LogP contribution in [0.4, 0.5) is 0 Å². The Morgan fingerprint density at radius 2 is 2.00 bits per heavy atom. The lowest BCUT2D eigenvalue weighted by Crippen LogP contribution is -2.21. The zero-order valence-corrected chi connectivity index (χ0v) is 13.4. The Hall–Kier alpha value is -0.180. The Morgan fingerprint density at radius 3 is 2.56 bits per heavy atom. The lowest BCUT2D eigenvalue weighted by atomic mass is 10.2. The van der Waals surface area contributed by atoms with Crippen molar-refractivity contribution in [3.8, 4) is 0 Å². The monoisotopic (exact) mass is 285 g/mol. The maximum Gasteiger partial charge on any atom is 0.0462 e. The van der Waals surface area contributed by atoms with Crippen LogP contribution in [0.15, 0.2) is 23.1 Å². The molecule has 1 nitrogen and oxygen atoms in total. The number of benzene rings is 1. The van der Waals surface area contributed by atoms with E-state index >= 15 is 0 Å². The molecule has 0 saturated carbocycles. The van der Waals surface area contributed by atoms with Gasteiger partial charge in [-0.2, -0.15) is 0 Å². The maximum absolute atomic E-state index is 6.31. The van der Waals surface area contributed by atoms with Crippen molar-refractivity contribution in [3.63, 3.8) is 0 Å². The van der Waals surface area contributed by atoms with Crippen LogP contribution in [0.5, 0.6) is 0 Å². The molecule has 102 valence electrons. The molecule has 1 unspecified atom stereocenters. The summed E-state index contributed by atoms with van der Waals surface area (Å²) in [6.45, 7) is 9.65. The van der Waals surface area contributed by atoms with Gasteiger partial charge in [-0.3, -0.25) is 0 Å². The molecular weight excluding hydrogens is 262 g/mol. The third-order valence-electron chi connectivity index (χ3n) is 2.96. The average Bonchev–Trinajstić information content (AvgIpc) is 2.34. The van der Waals surface area contributed by atoms with E-state index in [1.165, 1.54) is 16.9 Å². The van der Waals surface area contributed by atoms with Gasteiger partial charge in [-0.05, 0) is 23.6 Å². The highest BCUT2D eigenvalue weighted by molar-refractivity contribution is 7.99. The molecule has 0 radical (unpaired) electrons. The summed E-state index contributed by atoms with van der Waals surface area (Å²) in [6, 6.07) is 6.89. The molecule has 0 heterocycles. The van der Waals surface area contributed by atoms with Crippen LogP contribution in [-0.2, 0) is 6.54 Å². The average molecular weight is 286 g/mol. The van der Waals surface area contributed by atoms with Gasteiger partial charge in [0, 0.05) is 28.3 Å². The van der Waals surface area contributed by atoms with E-state index in [0.717, 1.165) is 23.2 Å². The van der Waals surface area contributed by atoms with Gasteiger partial charge in [-0.25, -0.2) is 0 Å². The second-order valence-electron chi connectivity index (χ2n) is 5.11. The van der Waals surface area contributed by atoms with Crippen molar-refractivity contribution >= 4 is 23.4 Å². The third-order valence-corrected chi connectivity index (χ3v) is 4.63. The standard InChI is InChI=1S/C15H24ClNS/c1-5-12(4)10-18-14-7-6-13(15(16)8-14)9-17-11(2)3/h6-8,11-12,17H,5,9-10H2,1-4H3. The topological polar surface area (TPSA) is 12.0 Å². The summed E-state index contributed by atoms with van der Waals surface area (Å²) in [7, 11) is 0. The molecule has 0 aliphatic rings. The SMILES string of the molecule is CCC(C)CSc1ccc(CNC(C)C)c(Cl)c1. The first-order valence-corrected chi connectivity index (χ1v) is 8.03. The van der Waals surface area contributed by atoms with Crippen molar-refractivity contribution in [2.75, 3.05) is 5.75 Å². The molecule has 0 spiro atoms. The van der Waals surface area contributed by atoms with Crippen LogP contribution >= 0.6 is 23.4 Å². The number of hydrogen-bond donors (Lipinski definition) is 1. The maximum atomic E-state index is 6.31. The predicted molar refractivity (Wildman–Crippen MR) is 83.6 cm³/mol. The molecule has 0 aliphatic carbocycles. The predicted octanol–water partition coefficient (Wildman–Crippen LogP) is 4.98. The second-order valence-corrected chi connectivity index (χ2v) is 6.61. The summed E-state index contributed by atoms with van der Waals surface area (Å²) in [5, 5.41) is 4.26. The van der Waals surface area contributed by atoms with E-state index in [-0.39, 0.29) is 0 Å². The molecule has 0 bridgehead atoms. The highest BCUT2D eigenvalue weighted by atomic mass is 35.5. The van der Waals surface area contributed by atoms with Crippen LogP contribution in [0.2, 0.25) is 5.02 Å². The number of thioether (sulfide) groups is 1. The van der Waals surface area contributed by atoms with Gasteiger partial charge in [0.05, 0.1) is 0 Å². The zero-order chi connectivity index (χ0) is 13.5. The van der Waals surface area contributed by atoms with Gasteiger partial charge in [0.25, 0.3) is 0 Å². The van der Waals surface area contributed by atoms with Gasteiger partial charge in [-0.15, -0.1) is 11.8 Å². The van der Waals surface area contributed by atoms with Crippen molar-refractivity contribution in [2.24, 2.45) is 5.92 Å². The Morgan fingerprint density at radius 1 is 1.28 bits per heavy atom. The van der Waals surface area contributed by atoms with E-state index in [1.807, 2.05) is 11.8 Å². The molecule has 1 N–H and O–H groups in total. The highest BCUT2D eigenvalue weighted by Gasteiger charge is 2.05. The Labute approximate surface area is 121 Å². The van der Waals surface area contributed by atoms with Crippen LogP contribution in [0.1, 0.15) is 39.7 Å². The number of halogens is 1. The van der Waals surface area contributed by atoms with E-state index in [0.29, 0.717) is 6.04 Å². The quantitative estimate of drug-likeness (QED) is 0.710. The van der Waals surface area contributed by atoms with Crippen molar-refractivity contribution in [1.29, 1.82) is 0 Å². The van der Waals surface area contributed by atoms with Crippen molar-refractivity contribution in [2.45, 2.75) is 51.6 Å². The minimum Gasteiger partial charge on any atom is -0.310 e. The van der Waals surface area contributed by atoms with Gasteiger partial charge in [0.2, 0.25) is 0 Å². The van der Waals surface area contributed by atoms with Gasteiger partial charge in [-0.1, -0.05) is 51.8 Å². The summed E-state index contributed by atoms with van der Waals surface area (Å²) >= 11 is 8.20. The summed E-state index contributed by atoms with van der Waals surface area (Å²) in [5.74, 6) is 1.92. The fourth-order valence-electron chi connectivity index (χ4n) is 1.43. The van der Waals surface area contributed by atoms with E-state index < -0.39 is 0 Å². The molecule has 1 aromatic rings. The van der Waals surface area contributed by atoms with Crippen LogP contribution < -0.4 is 5.32 Å². The molecule has 1 aromatic carbocycles. The molecule has 1 rings (SSSR count). The molecule has 0 fully saturated rings. The summed E-state index contributed by atoms with van der Waals surface area (Å²) < 4.78 is 0. The summed E-state index contributed by atoms with van der Waals surface area (Å²) in [5.41, 5.74) is 1.18. The van der Waals surface area contributed by atoms with E-state index in [2.05, 4.69) is 51.2 Å². The van der Waals surface area contributed by atoms with Crippen LogP contribution in [0.3, 0.4) is 0 Å². The normalized spacial score (nSPS) is 13.0. The van der Waals surface area contributed by atoms with E-state index in [1.54, 1.807) is 0 Å². The van der Waals surface area contributed by atoms with Gasteiger partial charge in [0.1, 0.15) is 0 Å². The molecule has 0 aromatic heterocycles. The van der Waals surface area contributed by atoms with Crippen molar-refractivity contribution < 1.29 is 0 Å². The number of hydrogen-bond acceptors (Lipinski definition) is 2. The minimum absolute atomic E-state index is 0.487. The summed E-state index contributed by atoms with van der Waals surface area (Å²) in [6.07, 6.45) is 1.23. The summed E-state index contributed by atoms with van der Waals surface area (Å²) in [4.78, 5) is 1.27. The molecule has 0 aliphatic heterocycles. The third kappa shape index (κ3) is 5.64. The molecular formula is C15H24ClNS. The Bertz CT molecular complexity index is 366. The minimum atomic E-state index is 0.487. The molecule has 0 saturated heterocycles. The zero-order valence-electron chi connectivity index (χ0n) is 11.8. The molecule has 0 amide bonds. The van der Waals surface area contributed by atoms with Gasteiger partial charge < -0.3 is 5.32 Å². The number of nitrogens with one attached hydrogen (secondary N) is 1. The molecule has 3 heteroatoms. The van der Waals surface area contributed by atoms with Crippen molar-refractivity contribution in [3.05, 3.63) is 28.8 Å². The first kappa shape index (κ1) is 15.9. The number of rotatable bonds is 7. The lowest BCUT2D eigenvalue weighted by Gasteiger charge is -2.12. The fourth-order valence-corrected chi connectivity index (χ4v) is 2.82. The van der Waals surface area contributed by atoms with Gasteiger partial charge in [0.15, 0.2) is 0 Å². The van der Waals surface area contributed by atoms with E-state index in [9.17, 15) is 0 Å². The Kier molecular flexibility index (Phi) is 7.13. The van der Waals surface area contributed by atoms with Crippen molar-refractivity contribution in [1.82, 2.24) is 5.32 Å². The van der Waals surface area contributed by atoms with E-state index in [4.69, 9.17) is 11.6 Å². The largest absolute Gasteiger partial charge is 0.310 e. The molecule has 1 atom stereocenters.